The number of hydrogen-bond acceptors (Lipinski definition) is 16. The number of carbonyl (C=O) groups excluding carboxylic acids is 2. The summed E-state index contributed by atoms with van der Waals surface area (Å²) in [5, 5.41) is 77.0. The molecule has 0 unspecified atom stereocenters. The number of aromatic hydroxyl groups is 2. The Labute approximate surface area is 432 Å². The lowest BCUT2D eigenvalue weighted by Crippen LogP contribution is -2.50. The second-order valence-corrected chi connectivity index (χ2v) is 26.2. The van der Waals surface area contributed by atoms with E-state index in [1.54, 1.807) is 64.6 Å². The van der Waals surface area contributed by atoms with E-state index in [9.17, 15) is 40.2 Å². The Bertz CT molecular complexity index is 2640. The number of benzene rings is 4. The van der Waals surface area contributed by atoms with Crippen LogP contribution in [0.15, 0.2) is 48.5 Å². The van der Waals surface area contributed by atoms with Gasteiger partial charge in [0.25, 0.3) is 0 Å². The molecule has 11 atom stereocenters. The minimum absolute atomic E-state index is 0.00528. The number of fused-ring (bicyclic) bond motifs is 9. The predicted octanol–water partition coefficient (Wildman–Crippen LogP) is 9.68. The number of hydrogen-bond donors (Lipinski definition) is 8. The average Bonchev–Trinajstić information content (AvgIpc) is 3.56. The van der Waals surface area contributed by atoms with Crippen molar-refractivity contribution in [1.82, 2.24) is 5.32 Å². The van der Waals surface area contributed by atoms with Gasteiger partial charge in [0.2, 0.25) is 0 Å². The first kappa shape index (κ1) is 51.3. The topological polar surface area (TPSA) is 198 Å². The van der Waals surface area contributed by atoms with E-state index >= 15 is 0 Å². The van der Waals surface area contributed by atoms with E-state index in [4.69, 9.17) is 9.47 Å². The molecule has 4 aromatic carbocycles. The number of rotatable bonds is 7. The number of Topliss-reactive ketones (excluding diaryl/α,β-unsaturated/α-hetero) is 2. The summed E-state index contributed by atoms with van der Waals surface area (Å²) in [7, 11) is 8.60. The second-order valence-electron chi connectivity index (χ2n) is 20.9. The Kier molecular flexibility index (Phi) is 15.9. The maximum Gasteiger partial charge on any atom is 0.168 e. The van der Waals surface area contributed by atoms with Crippen LogP contribution in [-0.2, 0) is 33.1 Å². The fraction of sp³-hybridized carbons (Fsp3) is 0.564. The molecule has 0 aromatic heterocycles. The van der Waals surface area contributed by atoms with Gasteiger partial charge in [0.15, 0.2) is 17.3 Å². The molecule has 1 saturated carbocycles. The van der Waals surface area contributed by atoms with Crippen LogP contribution in [0.2, 0.25) is 0 Å². The van der Waals surface area contributed by atoms with Gasteiger partial charge in [-0.15, -0.1) is 0 Å². The molecule has 11 rings (SSSR count). The summed E-state index contributed by atoms with van der Waals surface area (Å²) < 4.78 is 13.0. The van der Waals surface area contributed by atoms with Crippen LogP contribution in [0.4, 0.5) is 5.69 Å². The van der Waals surface area contributed by atoms with Crippen molar-refractivity contribution in [3.63, 3.8) is 0 Å². The molecule has 0 radical (unpaired) electrons. The van der Waals surface area contributed by atoms with E-state index in [0.717, 1.165) is 81.3 Å². The molecule has 5 bridgehead atoms. The molecule has 12 nitrogen and oxygen atoms in total. The number of aliphatic hydroxyl groups excluding tert-OH is 4. The molecule has 0 amide bonds. The fourth-order valence-corrected chi connectivity index (χ4v) is 20.0. The van der Waals surface area contributed by atoms with Crippen LogP contribution in [0, 0.1) is 17.8 Å². The summed E-state index contributed by atoms with van der Waals surface area (Å²) in [5.74, 6) is 2.39. The van der Waals surface area contributed by atoms with Crippen molar-refractivity contribution in [2.75, 3.05) is 37.1 Å². The monoisotopic (exact) mass is 1040 g/mol. The van der Waals surface area contributed by atoms with Crippen molar-refractivity contribution < 1.29 is 49.7 Å². The van der Waals surface area contributed by atoms with Gasteiger partial charge in [0, 0.05) is 66.2 Å². The second kappa shape index (κ2) is 22.0. The van der Waals surface area contributed by atoms with E-state index in [0.29, 0.717) is 66.9 Å². The zero-order valence-electron chi connectivity index (χ0n) is 40.6. The fourth-order valence-electron chi connectivity index (χ4n) is 13.1. The molecular weight excluding hydrogens is 977 g/mol. The highest BCUT2D eigenvalue weighted by Crippen LogP contribution is 2.58. The number of aryl methyl sites for hydroxylation is 1. The number of nitrogens with one attached hydrogen (secondary N) is 2. The number of aliphatic hydroxyl groups is 4. The lowest BCUT2D eigenvalue weighted by atomic mass is 9.63. The summed E-state index contributed by atoms with van der Waals surface area (Å²) in [6.07, 6.45) is 4.73. The number of phenolic OH excluding ortho intramolecular Hbond substituents is 2. The number of phenols is 2. The van der Waals surface area contributed by atoms with Crippen molar-refractivity contribution >= 4 is 71.2 Å². The molecule has 382 valence electrons. The molecule has 7 aliphatic rings. The largest absolute Gasteiger partial charge is 0.508 e. The Morgan fingerprint density at radius 3 is 2.56 bits per heavy atom. The lowest BCUT2D eigenvalue weighted by Gasteiger charge is -2.48. The SMILES string of the molecule is COc1c(O)ccc2c1-c1ccc3ccc(O)cc3c1CSS[C@@]13CC[C@@H](C[C@@H]1O)[C@H](CC(=O)CC2)O[C@@H]1N[C@H](CCCO)[C@@H](CSSC3)C[C@@H]2c3c1cc(CO)c1c3[C@@H](CC[C@H](C(C)=O)N1)C[C@H]2CO. The number of ketones is 2. The normalized spacial score (nSPS) is 31.1. The molecule has 0 spiro atoms. The first-order valence-corrected chi connectivity index (χ1v) is 30.3. The summed E-state index contributed by atoms with van der Waals surface area (Å²) in [5.41, 5.74) is 7.99. The van der Waals surface area contributed by atoms with Crippen molar-refractivity contribution in [2.45, 2.75) is 143 Å². The van der Waals surface area contributed by atoms with Gasteiger partial charge in [0.05, 0.1) is 36.7 Å². The van der Waals surface area contributed by atoms with E-state index < -0.39 is 29.2 Å². The van der Waals surface area contributed by atoms with Gasteiger partial charge in [-0.25, -0.2) is 0 Å². The van der Waals surface area contributed by atoms with Crippen molar-refractivity contribution in [3.8, 4) is 28.4 Å². The van der Waals surface area contributed by atoms with E-state index in [2.05, 4.69) is 10.6 Å². The highest BCUT2D eigenvalue weighted by molar-refractivity contribution is 8.78. The molecule has 8 N–H and O–H groups in total. The highest BCUT2D eigenvalue weighted by atomic mass is 33.1. The van der Waals surface area contributed by atoms with Gasteiger partial charge in [0.1, 0.15) is 17.8 Å². The molecule has 4 aromatic rings. The minimum atomic E-state index is -0.726. The summed E-state index contributed by atoms with van der Waals surface area (Å²) in [6, 6.07) is 14.5. The Morgan fingerprint density at radius 1 is 0.944 bits per heavy atom. The van der Waals surface area contributed by atoms with Gasteiger partial charge in [-0.05, 0) is 169 Å². The van der Waals surface area contributed by atoms with E-state index in [-0.39, 0.29) is 91.4 Å². The third-order valence-electron chi connectivity index (χ3n) is 16.8. The molecule has 5 aliphatic heterocycles. The van der Waals surface area contributed by atoms with Crippen molar-refractivity contribution in [3.05, 3.63) is 81.9 Å². The third kappa shape index (κ3) is 10.1. The molecule has 2 saturated heterocycles. The molecule has 3 fully saturated rings. The van der Waals surface area contributed by atoms with Gasteiger partial charge in [-0.3, -0.25) is 14.9 Å². The number of carbonyl (C=O) groups is 2. The van der Waals surface area contributed by atoms with Crippen LogP contribution in [0.5, 0.6) is 17.2 Å². The van der Waals surface area contributed by atoms with Crippen LogP contribution in [-0.4, -0.2) is 103 Å². The summed E-state index contributed by atoms with van der Waals surface area (Å²) >= 11 is 0. The van der Waals surface area contributed by atoms with Crippen molar-refractivity contribution in [2.24, 2.45) is 17.8 Å². The molecule has 5 heterocycles. The van der Waals surface area contributed by atoms with Gasteiger partial charge >= 0.3 is 0 Å². The summed E-state index contributed by atoms with van der Waals surface area (Å²) in [6.45, 7) is 1.41. The number of anilines is 1. The third-order valence-corrected chi connectivity index (χ3v) is 22.8. The van der Waals surface area contributed by atoms with Crippen LogP contribution in [0.25, 0.3) is 21.9 Å². The Morgan fingerprint density at radius 2 is 1.79 bits per heavy atom. The lowest BCUT2D eigenvalue weighted by molar-refractivity contribution is -0.130. The maximum absolute atomic E-state index is 14.9. The first-order valence-electron chi connectivity index (χ1n) is 25.5. The summed E-state index contributed by atoms with van der Waals surface area (Å²) in [4.78, 5) is 27.9. The van der Waals surface area contributed by atoms with Crippen LogP contribution in [0.3, 0.4) is 0 Å². The smallest absolute Gasteiger partial charge is 0.168 e. The van der Waals surface area contributed by atoms with Crippen LogP contribution in [0.1, 0.15) is 129 Å². The average molecular weight is 1050 g/mol. The zero-order valence-corrected chi connectivity index (χ0v) is 43.8. The van der Waals surface area contributed by atoms with Gasteiger partial charge < -0.3 is 45.4 Å². The van der Waals surface area contributed by atoms with Crippen LogP contribution >= 0.6 is 43.2 Å². The zero-order chi connectivity index (χ0) is 49.6. The molecule has 71 heavy (non-hydrogen) atoms. The molecule has 16 heteroatoms. The van der Waals surface area contributed by atoms with Crippen molar-refractivity contribution in [1.29, 1.82) is 0 Å². The number of ether oxygens (including phenoxy) is 2. The van der Waals surface area contributed by atoms with Crippen LogP contribution < -0.4 is 15.4 Å². The number of methoxy groups -OCH3 is 1. The quantitative estimate of drug-likeness (QED) is 0.0814. The van der Waals surface area contributed by atoms with Gasteiger partial charge in [-0.2, -0.15) is 0 Å². The molecular formula is C55H68N2O10S4. The minimum Gasteiger partial charge on any atom is -0.508 e. The van der Waals surface area contributed by atoms with E-state index in [1.807, 2.05) is 41.1 Å². The highest BCUT2D eigenvalue weighted by Gasteiger charge is 2.49. The first-order chi connectivity index (χ1) is 34.4. The molecule has 2 aliphatic carbocycles. The van der Waals surface area contributed by atoms with Gasteiger partial charge in [-0.1, -0.05) is 67.4 Å². The maximum atomic E-state index is 14.9. The standard InChI is InChI=1S/C55H68N2O10S4/c1-29(61)44-13-8-33-18-34(24-59)41-20-36-26-68-70-28-55-16-15-32(21-48(55)65)47(67-54(57-45(36)4-3-17-58)42-19-35(25-60)52(56-44)50(33)51(41)42)23-38(63)11-6-31-9-14-46(64)53(66-2)49(31)39-12-7-30-5-10-37(62)22-40(30)43(39)27-69-71-55/h5,7,9-10,12,14,19,22,32-34,36,41,44-45,47-48,54,56-60,62,64-65H,3-4,6,8,11,13,15-18,20-21,23-28H2,1-2H3/t32-,33-,34-,36+,41-,44+,45+,47-,48-,54-,55+/m0/s1. The predicted molar refractivity (Wildman–Crippen MR) is 286 cm³/mol. The Hall–Kier alpha value is -3.16. The Balaban J connectivity index is 1.12. The van der Waals surface area contributed by atoms with E-state index in [1.165, 1.54) is 0 Å².